The van der Waals surface area contributed by atoms with E-state index >= 15 is 0 Å². The van der Waals surface area contributed by atoms with Crippen LogP contribution in [0.2, 0.25) is 0 Å². The van der Waals surface area contributed by atoms with E-state index in [2.05, 4.69) is 308 Å². The van der Waals surface area contributed by atoms with Gasteiger partial charge in [0.15, 0.2) is 0 Å². The molecule has 17 rings (SSSR count). The Labute approximate surface area is 498 Å². The Kier molecular flexibility index (Phi) is 10.6. The van der Waals surface area contributed by atoms with Gasteiger partial charge in [0.2, 0.25) is 0 Å². The molecule has 0 radical (unpaired) electrons. The Hall–Kier alpha value is -9.88. The van der Waals surface area contributed by atoms with Crippen molar-refractivity contribution in [1.82, 2.24) is 0 Å². The topological polar surface area (TPSA) is 0 Å². The van der Waals surface area contributed by atoms with E-state index in [0.29, 0.717) is 0 Å². The van der Waals surface area contributed by atoms with Crippen LogP contribution in [0.1, 0.15) is 74.9 Å². The Morgan fingerprint density at radius 2 is 0.412 bits per heavy atom. The van der Waals surface area contributed by atoms with E-state index in [0.717, 1.165) is 0 Å². The summed E-state index contributed by atoms with van der Waals surface area (Å²) in [6.07, 6.45) is 0. The average Bonchev–Trinajstić information content (AvgIpc) is 2.30. The average molecular weight is 1080 g/mol. The summed E-state index contributed by atoms with van der Waals surface area (Å²) in [4.78, 5) is 0. The van der Waals surface area contributed by atoms with Gasteiger partial charge in [-0.2, -0.15) is 0 Å². The fourth-order valence-corrected chi connectivity index (χ4v) is 16.0. The lowest BCUT2D eigenvalue weighted by Gasteiger charge is -2.25. The summed E-state index contributed by atoms with van der Waals surface area (Å²) in [6.45, 7) is 14.5. The lowest BCUT2D eigenvalue weighted by atomic mass is 9.78. The van der Waals surface area contributed by atoms with Crippen LogP contribution < -0.4 is 0 Å². The zero-order chi connectivity index (χ0) is 57.1. The number of benzene rings is 14. The van der Waals surface area contributed by atoms with Crippen LogP contribution in [0.4, 0.5) is 0 Å². The maximum atomic E-state index is 2.54. The summed E-state index contributed by atoms with van der Waals surface area (Å²) < 4.78 is 0. The standard InChI is InChI=1S/C85H62/c1-83(2)73-31-19-17-25-59(73)61-39-37-57(49-75(61)83)81-67-29-15-13-27-65(67)79(69-43-33-53(45-71(69)81)51-21-9-7-10-22-51)55-35-41-63-64-42-36-56(48-78(64)85(5,6)77(63)47-55)80-66-28-14-16-30-68(66)82(72-46-54(34-44-70(72)80)52-23-11-8-12-24-52)58-38-40-62-60-26-18-20-32-74(60)84(3,4)76(62)50-58/h7-50H,1-6H3. The second-order valence-corrected chi connectivity index (χ2v) is 25.9. The maximum Gasteiger partial charge on any atom is 0.0159 e. The molecule has 0 atom stereocenters. The van der Waals surface area contributed by atoms with Crippen molar-refractivity contribution in [3.8, 4) is 100 Å². The third-order valence-electron chi connectivity index (χ3n) is 20.3. The van der Waals surface area contributed by atoms with Crippen LogP contribution in [0.5, 0.6) is 0 Å². The molecule has 0 unspecified atom stereocenters. The van der Waals surface area contributed by atoms with Crippen molar-refractivity contribution in [3.63, 3.8) is 0 Å². The monoisotopic (exact) mass is 1080 g/mol. The van der Waals surface area contributed by atoms with Crippen molar-refractivity contribution in [1.29, 1.82) is 0 Å². The third-order valence-corrected chi connectivity index (χ3v) is 20.3. The minimum Gasteiger partial charge on any atom is -0.0622 e. The van der Waals surface area contributed by atoms with Crippen molar-refractivity contribution >= 4 is 43.1 Å². The molecule has 14 aromatic carbocycles. The highest BCUT2D eigenvalue weighted by Crippen LogP contribution is 2.57. The van der Waals surface area contributed by atoms with E-state index in [1.807, 2.05) is 0 Å². The first-order valence-electron chi connectivity index (χ1n) is 30.3. The highest BCUT2D eigenvalue weighted by molar-refractivity contribution is 6.24. The van der Waals surface area contributed by atoms with Gasteiger partial charge >= 0.3 is 0 Å². The quantitative estimate of drug-likeness (QED) is 0.146. The van der Waals surface area contributed by atoms with E-state index in [1.54, 1.807) is 0 Å². The highest BCUT2D eigenvalue weighted by Gasteiger charge is 2.39. The summed E-state index contributed by atoms with van der Waals surface area (Å²) in [5.41, 5.74) is 30.8. The van der Waals surface area contributed by atoms with Gasteiger partial charge < -0.3 is 0 Å². The minimum atomic E-state index is -0.293. The SMILES string of the molecule is CC1(C)c2ccccc2-c2ccc(-c3c4ccccc4c(-c4ccc5c(c4)C(C)(C)c4cc(-c6c7ccccc7c(-c7ccc8c(c7)C(C)(C)c7ccccc7-8)c7cc(-c8ccccc8)ccc67)ccc4-5)c4ccc(-c5ccccc5)cc34)cc21. The van der Waals surface area contributed by atoms with Gasteiger partial charge in [0.1, 0.15) is 0 Å². The molecule has 0 N–H and O–H groups in total. The minimum absolute atomic E-state index is 0.119. The van der Waals surface area contributed by atoms with Crippen LogP contribution in [0, 0.1) is 0 Å². The summed E-state index contributed by atoms with van der Waals surface area (Å²) >= 11 is 0. The number of rotatable bonds is 6. The normalized spacial score (nSPS) is 14.5. The van der Waals surface area contributed by atoms with Gasteiger partial charge in [-0.25, -0.2) is 0 Å². The molecule has 85 heavy (non-hydrogen) atoms. The summed E-state index contributed by atoms with van der Waals surface area (Å²) in [7, 11) is 0. The number of fused-ring (bicyclic) bond motifs is 13. The Balaban J connectivity index is 0.832. The van der Waals surface area contributed by atoms with Crippen LogP contribution in [0.25, 0.3) is 143 Å². The fraction of sp³-hybridized carbons (Fsp3) is 0.106. The largest absolute Gasteiger partial charge is 0.0622 e. The van der Waals surface area contributed by atoms with E-state index in [-0.39, 0.29) is 16.2 Å². The zero-order valence-corrected chi connectivity index (χ0v) is 48.9. The van der Waals surface area contributed by atoms with Crippen molar-refractivity contribution in [2.75, 3.05) is 0 Å². The Morgan fingerprint density at radius 1 is 0.165 bits per heavy atom. The smallest absolute Gasteiger partial charge is 0.0159 e. The van der Waals surface area contributed by atoms with Crippen LogP contribution in [-0.2, 0) is 16.2 Å². The molecule has 0 spiro atoms. The summed E-state index contributed by atoms with van der Waals surface area (Å²) in [6, 6.07) is 102. The molecule has 3 aliphatic rings. The van der Waals surface area contributed by atoms with Gasteiger partial charge in [-0.3, -0.25) is 0 Å². The molecule has 0 bridgehead atoms. The predicted octanol–water partition coefficient (Wildman–Crippen LogP) is 23.2. The zero-order valence-electron chi connectivity index (χ0n) is 48.9. The molecule has 402 valence electrons. The van der Waals surface area contributed by atoms with E-state index < -0.39 is 0 Å². The molecule has 0 saturated heterocycles. The molecule has 0 aliphatic heterocycles. The molecule has 0 heteroatoms. The molecule has 0 heterocycles. The number of hydrogen-bond acceptors (Lipinski definition) is 0. The van der Waals surface area contributed by atoms with Gasteiger partial charge in [0.25, 0.3) is 0 Å². The number of hydrogen-bond donors (Lipinski definition) is 0. The first-order chi connectivity index (χ1) is 41.4. The summed E-state index contributed by atoms with van der Waals surface area (Å²) in [5.74, 6) is 0. The van der Waals surface area contributed by atoms with Gasteiger partial charge in [-0.05, 0) is 213 Å². The molecule has 0 amide bonds. The van der Waals surface area contributed by atoms with Crippen LogP contribution in [0.3, 0.4) is 0 Å². The first-order valence-corrected chi connectivity index (χ1v) is 30.3. The van der Waals surface area contributed by atoms with E-state index in [9.17, 15) is 0 Å². The maximum absolute atomic E-state index is 2.54. The van der Waals surface area contributed by atoms with Crippen molar-refractivity contribution in [2.24, 2.45) is 0 Å². The molecular formula is C85H62. The van der Waals surface area contributed by atoms with E-state index in [4.69, 9.17) is 0 Å². The first kappa shape index (κ1) is 49.7. The Bertz CT molecular complexity index is 4860. The molecule has 14 aromatic rings. The van der Waals surface area contributed by atoms with Crippen molar-refractivity contribution < 1.29 is 0 Å². The van der Waals surface area contributed by atoms with Gasteiger partial charge in [-0.15, -0.1) is 0 Å². The highest BCUT2D eigenvalue weighted by atomic mass is 14.4. The molecule has 0 aromatic heterocycles. The second kappa shape index (κ2) is 18.1. The van der Waals surface area contributed by atoms with Crippen LogP contribution >= 0.6 is 0 Å². The van der Waals surface area contributed by atoms with Crippen molar-refractivity contribution in [3.05, 3.63) is 300 Å². The molecule has 0 saturated carbocycles. The van der Waals surface area contributed by atoms with Gasteiger partial charge in [0.05, 0.1) is 0 Å². The molecule has 0 fully saturated rings. The van der Waals surface area contributed by atoms with Crippen LogP contribution in [-0.4, -0.2) is 0 Å². The predicted molar refractivity (Wildman–Crippen MR) is 362 cm³/mol. The molecule has 0 nitrogen and oxygen atoms in total. The third kappa shape index (κ3) is 7.16. The lowest BCUT2D eigenvalue weighted by Crippen LogP contribution is -2.15. The van der Waals surface area contributed by atoms with Crippen LogP contribution in [0.15, 0.2) is 267 Å². The molecular weight excluding hydrogens is 1020 g/mol. The Morgan fingerprint density at radius 3 is 0.753 bits per heavy atom. The molecule has 3 aliphatic carbocycles. The summed E-state index contributed by atoms with van der Waals surface area (Å²) in [5, 5.41) is 10.1. The fourth-order valence-electron chi connectivity index (χ4n) is 16.0. The van der Waals surface area contributed by atoms with Gasteiger partial charge in [0, 0.05) is 16.2 Å². The van der Waals surface area contributed by atoms with Crippen molar-refractivity contribution in [2.45, 2.75) is 57.8 Å². The van der Waals surface area contributed by atoms with Gasteiger partial charge in [-0.1, -0.05) is 272 Å². The van der Waals surface area contributed by atoms with E-state index in [1.165, 1.54) is 177 Å². The second-order valence-electron chi connectivity index (χ2n) is 25.9. The lowest BCUT2D eigenvalue weighted by molar-refractivity contribution is 0.660.